The highest BCUT2D eigenvalue weighted by Crippen LogP contribution is 2.34. The van der Waals surface area contributed by atoms with Crippen molar-refractivity contribution < 1.29 is 18.7 Å². The van der Waals surface area contributed by atoms with Crippen molar-refractivity contribution in [1.29, 1.82) is 0 Å². The fourth-order valence-electron chi connectivity index (χ4n) is 3.03. The van der Waals surface area contributed by atoms with Crippen molar-refractivity contribution in [3.05, 3.63) is 76.1 Å². The molecule has 156 valence electrons. The molecule has 0 saturated heterocycles. The molecule has 0 saturated carbocycles. The molecule has 2 heterocycles. The van der Waals surface area contributed by atoms with E-state index in [-0.39, 0.29) is 22.1 Å². The molecule has 10 heteroatoms. The summed E-state index contributed by atoms with van der Waals surface area (Å²) in [5, 5.41) is 7.59. The van der Waals surface area contributed by atoms with Crippen molar-refractivity contribution in [2.75, 3.05) is 12.4 Å². The van der Waals surface area contributed by atoms with Gasteiger partial charge in [-0.2, -0.15) is 5.10 Å². The molecule has 0 atom stereocenters. The minimum Gasteiger partial charge on any atom is -0.464 e. The highest BCUT2D eigenvalue weighted by atomic mass is 32.1. The standard InChI is InChI=1S/C21H15FN4O4S/c1-26-19(28)14-6-4-3-5-13(14)15(25-26)18(27)24-21-23-16(20(29)30-2)17(31-21)11-7-9-12(22)10-8-11/h3-10H,1-2H3,(H,23,24,27). The number of carbonyl (C=O) groups excluding carboxylic acids is 2. The number of anilines is 1. The second kappa shape index (κ2) is 8.07. The molecule has 31 heavy (non-hydrogen) atoms. The summed E-state index contributed by atoms with van der Waals surface area (Å²) in [5.74, 6) is -1.71. The molecule has 4 rings (SSSR count). The average molecular weight is 438 g/mol. The maximum Gasteiger partial charge on any atom is 0.358 e. The molecular weight excluding hydrogens is 423 g/mol. The van der Waals surface area contributed by atoms with Gasteiger partial charge in [0.05, 0.1) is 17.4 Å². The van der Waals surface area contributed by atoms with Crippen LogP contribution in [0.1, 0.15) is 21.0 Å². The van der Waals surface area contributed by atoms with Crippen molar-refractivity contribution >= 4 is 39.1 Å². The number of amides is 1. The highest BCUT2D eigenvalue weighted by molar-refractivity contribution is 7.19. The van der Waals surface area contributed by atoms with Gasteiger partial charge in [-0.05, 0) is 23.8 Å². The summed E-state index contributed by atoms with van der Waals surface area (Å²) in [6, 6.07) is 12.2. The van der Waals surface area contributed by atoms with Crippen LogP contribution in [0, 0.1) is 5.82 Å². The number of nitrogens with zero attached hydrogens (tertiary/aromatic N) is 3. The van der Waals surface area contributed by atoms with Gasteiger partial charge in [0, 0.05) is 12.4 Å². The molecule has 0 unspecified atom stereocenters. The van der Waals surface area contributed by atoms with E-state index in [2.05, 4.69) is 15.4 Å². The number of rotatable bonds is 4. The number of nitrogens with one attached hydrogen (secondary N) is 1. The van der Waals surface area contributed by atoms with Gasteiger partial charge in [0.1, 0.15) is 5.82 Å². The number of fused-ring (bicyclic) bond motifs is 1. The summed E-state index contributed by atoms with van der Waals surface area (Å²) >= 11 is 1.04. The molecule has 1 N–H and O–H groups in total. The van der Waals surface area contributed by atoms with Crippen molar-refractivity contribution in [1.82, 2.24) is 14.8 Å². The molecule has 0 fully saturated rings. The smallest absolute Gasteiger partial charge is 0.358 e. The highest BCUT2D eigenvalue weighted by Gasteiger charge is 2.23. The van der Waals surface area contributed by atoms with Crippen molar-refractivity contribution in [2.45, 2.75) is 0 Å². The quantitative estimate of drug-likeness (QED) is 0.491. The fourth-order valence-corrected chi connectivity index (χ4v) is 3.98. The number of methoxy groups -OCH3 is 1. The van der Waals surface area contributed by atoms with Crippen LogP contribution in [0.5, 0.6) is 0 Å². The van der Waals surface area contributed by atoms with Crippen LogP contribution < -0.4 is 10.9 Å². The second-order valence-electron chi connectivity index (χ2n) is 6.47. The van der Waals surface area contributed by atoms with Gasteiger partial charge in [0.25, 0.3) is 11.5 Å². The zero-order chi connectivity index (χ0) is 22.1. The van der Waals surface area contributed by atoms with Crippen LogP contribution in [0.25, 0.3) is 21.2 Å². The van der Waals surface area contributed by atoms with Crippen LogP contribution in [0.3, 0.4) is 0 Å². The molecule has 0 spiro atoms. The Balaban J connectivity index is 1.75. The van der Waals surface area contributed by atoms with E-state index in [0.29, 0.717) is 21.2 Å². The Morgan fingerprint density at radius 2 is 1.74 bits per heavy atom. The Kier molecular flexibility index (Phi) is 5.30. The van der Waals surface area contributed by atoms with Crippen LogP contribution in [-0.2, 0) is 11.8 Å². The summed E-state index contributed by atoms with van der Waals surface area (Å²) in [6.45, 7) is 0. The molecule has 0 aliphatic carbocycles. The summed E-state index contributed by atoms with van der Waals surface area (Å²) in [5.41, 5.74) is 0.252. The average Bonchev–Trinajstić information content (AvgIpc) is 3.19. The summed E-state index contributed by atoms with van der Waals surface area (Å²) in [6.07, 6.45) is 0. The van der Waals surface area contributed by atoms with Crippen LogP contribution in [-0.4, -0.2) is 33.8 Å². The van der Waals surface area contributed by atoms with Crippen LogP contribution >= 0.6 is 11.3 Å². The number of hydrogen-bond acceptors (Lipinski definition) is 7. The third-order valence-electron chi connectivity index (χ3n) is 4.50. The summed E-state index contributed by atoms with van der Waals surface area (Å²) in [7, 11) is 2.67. The molecule has 2 aromatic heterocycles. The number of thiazole rings is 1. The Morgan fingerprint density at radius 3 is 2.42 bits per heavy atom. The third-order valence-corrected chi connectivity index (χ3v) is 5.52. The first-order valence-electron chi connectivity index (χ1n) is 9.01. The molecule has 0 aliphatic heterocycles. The molecule has 0 aliphatic rings. The van der Waals surface area contributed by atoms with E-state index >= 15 is 0 Å². The lowest BCUT2D eigenvalue weighted by atomic mass is 10.1. The predicted octanol–water partition coefficient (Wildman–Crippen LogP) is 3.24. The number of halogens is 1. The van der Waals surface area contributed by atoms with Gasteiger partial charge in [-0.25, -0.2) is 18.9 Å². The molecule has 0 bridgehead atoms. The Bertz CT molecular complexity index is 1380. The molecular formula is C21H15FN4O4S. The lowest BCUT2D eigenvalue weighted by Crippen LogP contribution is -2.25. The maximum absolute atomic E-state index is 13.3. The van der Waals surface area contributed by atoms with E-state index in [9.17, 15) is 18.8 Å². The Labute approximate surface area is 178 Å². The first-order chi connectivity index (χ1) is 14.9. The fraction of sp³-hybridized carbons (Fsp3) is 0.0952. The van der Waals surface area contributed by atoms with Crippen molar-refractivity contribution in [3.63, 3.8) is 0 Å². The number of aromatic nitrogens is 3. The molecule has 8 nitrogen and oxygen atoms in total. The maximum atomic E-state index is 13.3. The van der Waals surface area contributed by atoms with E-state index in [0.717, 1.165) is 16.0 Å². The number of carbonyl (C=O) groups is 2. The van der Waals surface area contributed by atoms with E-state index < -0.39 is 17.7 Å². The topological polar surface area (TPSA) is 103 Å². The lowest BCUT2D eigenvalue weighted by molar-refractivity contribution is 0.0595. The minimum absolute atomic E-state index is 0.00677. The Morgan fingerprint density at radius 1 is 1.06 bits per heavy atom. The van der Waals surface area contributed by atoms with Gasteiger partial charge in [0.2, 0.25) is 0 Å². The first kappa shape index (κ1) is 20.4. The zero-order valence-corrected chi connectivity index (χ0v) is 17.2. The van der Waals surface area contributed by atoms with Gasteiger partial charge in [-0.15, -0.1) is 0 Å². The summed E-state index contributed by atoms with van der Waals surface area (Å²) < 4.78 is 19.2. The number of esters is 1. The normalized spacial score (nSPS) is 10.8. The van der Waals surface area contributed by atoms with Crippen LogP contribution in [0.4, 0.5) is 9.52 Å². The van der Waals surface area contributed by atoms with E-state index in [1.165, 1.54) is 38.4 Å². The van der Waals surface area contributed by atoms with Crippen LogP contribution in [0.2, 0.25) is 0 Å². The van der Waals surface area contributed by atoms with E-state index in [1.807, 2.05) is 0 Å². The van der Waals surface area contributed by atoms with Crippen molar-refractivity contribution in [3.8, 4) is 10.4 Å². The monoisotopic (exact) mass is 438 g/mol. The van der Waals surface area contributed by atoms with E-state index in [4.69, 9.17) is 4.74 Å². The lowest BCUT2D eigenvalue weighted by Gasteiger charge is -2.07. The number of hydrogen-bond donors (Lipinski definition) is 1. The summed E-state index contributed by atoms with van der Waals surface area (Å²) in [4.78, 5) is 42.0. The number of aryl methyl sites for hydroxylation is 1. The number of benzene rings is 2. The molecule has 2 aromatic carbocycles. The van der Waals surface area contributed by atoms with E-state index in [1.54, 1.807) is 24.3 Å². The first-order valence-corrected chi connectivity index (χ1v) is 9.83. The van der Waals surface area contributed by atoms with Gasteiger partial charge >= 0.3 is 5.97 Å². The third kappa shape index (κ3) is 3.80. The van der Waals surface area contributed by atoms with Crippen molar-refractivity contribution in [2.24, 2.45) is 7.05 Å². The second-order valence-corrected chi connectivity index (χ2v) is 7.47. The predicted molar refractivity (Wildman–Crippen MR) is 114 cm³/mol. The van der Waals surface area contributed by atoms with Gasteiger partial charge < -0.3 is 4.74 Å². The SMILES string of the molecule is COC(=O)c1nc(NC(=O)c2nn(C)c(=O)c3ccccc23)sc1-c1ccc(F)cc1. The largest absolute Gasteiger partial charge is 0.464 e. The minimum atomic E-state index is -0.693. The van der Waals surface area contributed by atoms with Gasteiger partial charge in [-0.3, -0.25) is 14.9 Å². The molecule has 4 aromatic rings. The zero-order valence-electron chi connectivity index (χ0n) is 16.4. The number of ether oxygens (including phenoxy) is 1. The van der Waals surface area contributed by atoms with Crippen LogP contribution in [0.15, 0.2) is 53.3 Å². The van der Waals surface area contributed by atoms with Gasteiger partial charge in [-0.1, -0.05) is 41.7 Å². The van der Waals surface area contributed by atoms with Gasteiger partial charge in [0.15, 0.2) is 16.5 Å². The molecule has 1 amide bonds. The Hall–Kier alpha value is -3.92. The molecule has 0 radical (unpaired) electrons.